The lowest BCUT2D eigenvalue weighted by molar-refractivity contribution is 0.592. The van der Waals surface area contributed by atoms with E-state index >= 15 is 0 Å². The lowest BCUT2D eigenvalue weighted by Gasteiger charge is -2.20. The number of rotatable bonds is 13. The molecule has 9 heteroatoms. The maximum absolute atomic E-state index is 15.0. The number of benzene rings is 22. The van der Waals surface area contributed by atoms with Crippen molar-refractivity contribution in [2.45, 2.75) is 5.92 Å². The number of para-hydroxylation sites is 5. The molecule has 5 aromatic heterocycles. The molecule has 28 rings (SSSR count). The third kappa shape index (κ3) is 14.7. The van der Waals surface area contributed by atoms with E-state index in [1.165, 1.54) is 98.6 Å². The standard InChI is InChI=1S/C53H35N3.C40H25N3.C39H26NOP/c1-3-15-35(16-4-1)36-27-29-37(30-28-36)48-34-49(55-53(54-48)38-17-5-2-6-18-38)39-31-40(52-46-23-9-7-19-42(46)43-20-8-10-24-47(43)52)33-41(32-39)56-50-25-13-11-21-44(50)45-22-12-14-26-51(45)56;1-2-12-30(13-3-1)43-36-17-9-8-16-35(36)41-40(43)29-20-18-28(19-21-29)37-33-24-22-26-10-4-6-14-31(26)38(33)42-39-32-15-7-5-11-27(32)23-25-34(37)39;41-42(30-13-3-1-4-14-30,31-15-5-2-6-16-31)32-23-19-29(20-24-32)37-35-25-21-27-11-7-9-17-33(27)38(35)40-39-34-18-10-8-12-28(34)22-26-36(37)39/h1-34,52H;1-25H;1-26H. The van der Waals surface area contributed by atoms with Crippen LogP contribution < -0.4 is 15.9 Å². The average Bonchev–Trinajstić information content (AvgIpc) is 1.65. The molecular formula is C132H86N7OP. The van der Waals surface area contributed by atoms with Crippen LogP contribution in [0.25, 0.3) is 221 Å². The normalized spacial score (nSPS) is 12.0. The molecule has 27 aromatic rings. The first-order chi connectivity index (χ1) is 69.8. The van der Waals surface area contributed by atoms with Gasteiger partial charge in [0.15, 0.2) is 13.0 Å². The number of fused-ring (bicyclic) bond motifs is 19. The number of hydrogen-bond acceptors (Lipinski definition) is 6. The first-order valence-corrected chi connectivity index (χ1v) is 49.7. The zero-order chi connectivity index (χ0) is 93.4. The lowest BCUT2D eigenvalue weighted by atomic mass is 9.87. The van der Waals surface area contributed by atoms with Crippen LogP contribution in [-0.2, 0) is 4.57 Å². The van der Waals surface area contributed by atoms with Crippen molar-refractivity contribution in [2.75, 3.05) is 0 Å². The molecule has 0 spiro atoms. The molecule has 0 fully saturated rings. The van der Waals surface area contributed by atoms with Gasteiger partial charge in [-0.1, -0.05) is 455 Å². The summed E-state index contributed by atoms with van der Waals surface area (Å²) in [6.07, 6.45) is 0. The molecule has 1 aliphatic rings. The quantitative estimate of drug-likeness (QED) is 0.0649. The van der Waals surface area contributed by atoms with Gasteiger partial charge in [0, 0.05) is 120 Å². The molecule has 22 aromatic carbocycles. The fourth-order valence-corrected chi connectivity index (χ4v) is 24.2. The van der Waals surface area contributed by atoms with Crippen molar-refractivity contribution in [3.05, 3.63) is 532 Å². The predicted molar refractivity (Wildman–Crippen MR) is 590 cm³/mol. The third-order valence-corrected chi connectivity index (χ3v) is 31.3. The van der Waals surface area contributed by atoms with Gasteiger partial charge in [0.2, 0.25) is 0 Å². The first-order valence-electron chi connectivity index (χ1n) is 48.0. The topological polar surface area (TPSA) is 91.4 Å². The number of aromatic nitrogens is 7. The smallest absolute Gasteiger partial charge is 0.171 e. The Bertz CT molecular complexity index is 9300. The van der Waals surface area contributed by atoms with Crippen molar-refractivity contribution in [2.24, 2.45) is 0 Å². The summed E-state index contributed by atoms with van der Waals surface area (Å²) in [6, 6.07) is 181. The second-order valence-electron chi connectivity index (χ2n) is 36.3. The van der Waals surface area contributed by atoms with Gasteiger partial charge in [0.05, 0.1) is 55.5 Å². The Kier molecular flexibility index (Phi) is 20.8. The minimum Gasteiger partial charge on any atom is -0.309 e. The van der Waals surface area contributed by atoms with E-state index in [1.54, 1.807) is 0 Å². The number of hydrogen-bond donors (Lipinski definition) is 0. The summed E-state index contributed by atoms with van der Waals surface area (Å²) in [7, 11) is -3.06. The summed E-state index contributed by atoms with van der Waals surface area (Å²) >= 11 is 0. The summed E-state index contributed by atoms with van der Waals surface area (Å²) in [5, 5.41) is 18.9. The van der Waals surface area contributed by atoms with E-state index in [0.717, 1.165) is 149 Å². The van der Waals surface area contributed by atoms with Gasteiger partial charge < -0.3 is 9.13 Å². The summed E-state index contributed by atoms with van der Waals surface area (Å²) in [5.74, 6) is 1.70. The zero-order valence-corrected chi connectivity index (χ0v) is 77.5. The molecule has 0 aliphatic heterocycles. The van der Waals surface area contributed by atoms with Crippen LogP contribution in [0, 0.1) is 0 Å². The molecule has 8 nitrogen and oxygen atoms in total. The molecule has 0 bridgehead atoms. The monoisotopic (exact) mass is 1820 g/mol. The molecule has 0 radical (unpaired) electrons. The van der Waals surface area contributed by atoms with Gasteiger partial charge in [-0.3, -0.25) is 4.57 Å². The van der Waals surface area contributed by atoms with E-state index in [4.69, 9.17) is 24.9 Å². The highest BCUT2D eigenvalue weighted by atomic mass is 31.2. The second kappa shape index (κ2) is 35.2. The van der Waals surface area contributed by atoms with Crippen LogP contribution in [0.5, 0.6) is 0 Å². The van der Waals surface area contributed by atoms with Gasteiger partial charge in [0.25, 0.3) is 0 Å². The Labute approximate surface area is 814 Å². The predicted octanol–water partition coefficient (Wildman–Crippen LogP) is 32.8. The SMILES string of the molecule is O=P(c1ccccc1)(c1ccccc1)c1ccc(-c2c3ccc4ccccc4c3nc3c2ccc2ccccc23)cc1.c1ccc(-c2ccc(-c3cc(-c4cc(C5c6ccccc6-c6ccccc65)cc(-n5c6ccccc6c6ccccc65)c4)nc(-c4ccccc4)n3)cc2)cc1.c1ccc(-n2c(-c3ccc(-c4c5ccc6ccccc6c5nc5c4ccc4ccccc45)cc3)nc3ccccc32)cc1. The summed E-state index contributed by atoms with van der Waals surface area (Å²) in [4.78, 5) is 26.3. The lowest BCUT2D eigenvalue weighted by Crippen LogP contribution is -2.24. The third-order valence-electron chi connectivity index (χ3n) is 28.2. The van der Waals surface area contributed by atoms with Gasteiger partial charge >= 0.3 is 0 Å². The highest BCUT2D eigenvalue weighted by Gasteiger charge is 2.33. The molecule has 0 N–H and O–H groups in total. The van der Waals surface area contributed by atoms with Gasteiger partial charge in [-0.15, -0.1) is 0 Å². The minimum absolute atomic E-state index is 0.0645. The molecule has 0 saturated carbocycles. The summed E-state index contributed by atoms with van der Waals surface area (Å²) < 4.78 is 19.6. The van der Waals surface area contributed by atoms with Crippen molar-refractivity contribution in [1.82, 2.24) is 34.1 Å². The maximum atomic E-state index is 15.0. The fourth-order valence-electron chi connectivity index (χ4n) is 21.6. The van der Waals surface area contributed by atoms with Crippen LogP contribution in [0.1, 0.15) is 22.6 Å². The molecule has 0 atom stereocenters. The van der Waals surface area contributed by atoms with Gasteiger partial charge in [0.1, 0.15) is 5.82 Å². The average molecular weight is 1820 g/mol. The molecule has 141 heavy (non-hydrogen) atoms. The van der Waals surface area contributed by atoms with Crippen LogP contribution in [0.4, 0.5) is 0 Å². The van der Waals surface area contributed by atoms with Crippen molar-refractivity contribution in [3.8, 4) is 101 Å². The van der Waals surface area contributed by atoms with Gasteiger partial charge in [-0.25, -0.2) is 24.9 Å². The Balaban J connectivity index is 0.000000110. The zero-order valence-electron chi connectivity index (χ0n) is 76.6. The van der Waals surface area contributed by atoms with Crippen LogP contribution in [0.2, 0.25) is 0 Å². The van der Waals surface area contributed by atoms with Gasteiger partial charge in [-0.2, -0.15) is 0 Å². The van der Waals surface area contributed by atoms with Crippen molar-refractivity contribution in [1.29, 1.82) is 0 Å². The Morgan fingerprint density at radius 3 is 1.05 bits per heavy atom. The fraction of sp³-hybridized carbons (Fsp3) is 0.00758. The number of pyridine rings is 2. The van der Waals surface area contributed by atoms with E-state index in [0.29, 0.717) is 5.82 Å². The Morgan fingerprint density at radius 1 is 0.213 bits per heavy atom. The second-order valence-corrected chi connectivity index (χ2v) is 39.0. The maximum Gasteiger partial charge on any atom is 0.171 e. The Morgan fingerprint density at radius 2 is 0.567 bits per heavy atom. The van der Waals surface area contributed by atoms with E-state index in [1.807, 2.05) is 78.9 Å². The van der Waals surface area contributed by atoms with Crippen LogP contribution in [-0.4, -0.2) is 34.1 Å². The molecular weight excluding hydrogens is 1730 g/mol. The van der Waals surface area contributed by atoms with Gasteiger partial charge in [-0.05, 0) is 132 Å². The van der Waals surface area contributed by atoms with Crippen LogP contribution in [0.15, 0.2) is 516 Å². The highest BCUT2D eigenvalue weighted by molar-refractivity contribution is 7.85. The first kappa shape index (κ1) is 83.4. The van der Waals surface area contributed by atoms with E-state index in [-0.39, 0.29) is 5.92 Å². The summed E-state index contributed by atoms with van der Waals surface area (Å²) in [6.45, 7) is 0. The summed E-state index contributed by atoms with van der Waals surface area (Å²) in [5.41, 5.74) is 30.0. The van der Waals surface area contributed by atoms with Crippen molar-refractivity contribution in [3.63, 3.8) is 0 Å². The molecule has 0 amide bonds. The van der Waals surface area contributed by atoms with E-state index in [9.17, 15) is 4.57 Å². The van der Waals surface area contributed by atoms with Crippen LogP contribution >= 0.6 is 7.14 Å². The molecule has 1 aliphatic carbocycles. The van der Waals surface area contributed by atoms with Crippen LogP contribution in [0.3, 0.4) is 0 Å². The minimum atomic E-state index is -3.06. The van der Waals surface area contributed by atoms with Crippen molar-refractivity contribution >= 4 is 143 Å². The van der Waals surface area contributed by atoms with Crippen molar-refractivity contribution < 1.29 is 4.57 Å². The molecule has 0 unspecified atom stereocenters. The molecule has 5 heterocycles. The van der Waals surface area contributed by atoms with E-state index in [2.05, 4.69) is 446 Å². The molecule has 0 saturated heterocycles. The van der Waals surface area contributed by atoms with E-state index < -0.39 is 7.14 Å². The number of imidazole rings is 1. The number of nitrogens with zero attached hydrogens (tertiary/aromatic N) is 7. The molecule has 660 valence electrons. The largest absolute Gasteiger partial charge is 0.309 e. The Hall–Kier alpha value is -18.2. The highest BCUT2D eigenvalue weighted by Crippen LogP contribution is 2.52.